The van der Waals surface area contributed by atoms with Gasteiger partial charge in [0.1, 0.15) is 5.82 Å². The zero-order chi connectivity index (χ0) is 16.5. The first-order valence-electron chi connectivity index (χ1n) is 7.51. The molecule has 0 fully saturated rings. The molecule has 0 bridgehead atoms. The Labute approximate surface area is 142 Å². The van der Waals surface area contributed by atoms with E-state index in [4.69, 9.17) is 5.73 Å². The number of hydrogen-bond acceptors (Lipinski definition) is 5. The number of aromatic amines is 1. The molecule has 118 valence electrons. The summed E-state index contributed by atoms with van der Waals surface area (Å²) in [6, 6.07) is 16.1. The number of fused-ring (bicyclic) bond motifs is 1. The molecular weight excluding hydrogens is 318 g/mol. The van der Waals surface area contributed by atoms with Crippen LogP contribution < -0.4 is 5.73 Å². The number of anilines is 1. The van der Waals surface area contributed by atoms with E-state index < -0.39 is 0 Å². The van der Waals surface area contributed by atoms with Gasteiger partial charge in [-0.3, -0.25) is 0 Å². The van der Waals surface area contributed by atoms with Crippen LogP contribution in [0.2, 0.25) is 0 Å². The molecule has 2 aromatic carbocycles. The van der Waals surface area contributed by atoms with E-state index in [2.05, 4.69) is 51.4 Å². The average molecular weight is 333 g/mol. The Kier molecular flexibility index (Phi) is 3.59. The predicted octanol–water partition coefficient (Wildman–Crippen LogP) is 5.60. The van der Waals surface area contributed by atoms with Crippen LogP contribution in [0.3, 0.4) is 0 Å². The molecule has 2 heterocycles. The molecule has 0 spiro atoms. The van der Waals surface area contributed by atoms with Gasteiger partial charge in [0.25, 0.3) is 0 Å². The van der Waals surface area contributed by atoms with Crippen molar-refractivity contribution in [2.75, 3.05) is 5.73 Å². The van der Waals surface area contributed by atoms with E-state index in [1.165, 1.54) is 16.9 Å². The van der Waals surface area contributed by atoms with Crippen molar-refractivity contribution in [1.82, 2.24) is 9.97 Å². The van der Waals surface area contributed by atoms with Crippen molar-refractivity contribution in [3.63, 3.8) is 0 Å². The van der Waals surface area contributed by atoms with Crippen molar-refractivity contribution in [2.45, 2.75) is 6.92 Å². The maximum atomic E-state index is 5.97. The number of azo groups is 1. The average Bonchev–Trinajstić information content (AvgIpc) is 3.19. The minimum absolute atomic E-state index is 0.596. The summed E-state index contributed by atoms with van der Waals surface area (Å²) in [5.74, 6) is 1.24. The molecule has 24 heavy (non-hydrogen) atoms. The van der Waals surface area contributed by atoms with E-state index in [0.29, 0.717) is 16.8 Å². The van der Waals surface area contributed by atoms with E-state index in [9.17, 15) is 0 Å². The largest absolute Gasteiger partial charge is 0.385 e. The normalized spacial score (nSPS) is 11.5. The lowest BCUT2D eigenvalue weighted by Crippen LogP contribution is -1.82. The van der Waals surface area contributed by atoms with E-state index in [-0.39, 0.29) is 0 Å². The highest BCUT2D eigenvalue weighted by atomic mass is 32.1. The van der Waals surface area contributed by atoms with Gasteiger partial charge >= 0.3 is 0 Å². The molecule has 0 aliphatic heterocycles. The summed E-state index contributed by atoms with van der Waals surface area (Å²) in [5, 5.41) is 13.0. The molecule has 0 saturated heterocycles. The van der Waals surface area contributed by atoms with Gasteiger partial charge in [-0.05, 0) is 6.92 Å². The van der Waals surface area contributed by atoms with E-state index in [0.717, 1.165) is 22.0 Å². The van der Waals surface area contributed by atoms with Crippen molar-refractivity contribution >= 4 is 38.9 Å². The first-order chi connectivity index (χ1) is 11.7. The van der Waals surface area contributed by atoms with Gasteiger partial charge in [-0.2, -0.15) is 0 Å². The molecule has 6 heteroatoms. The number of nitrogens with zero attached hydrogens (tertiary/aromatic N) is 3. The molecule has 0 amide bonds. The minimum atomic E-state index is 0.596. The van der Waals surface area contributed by atoms with Crippen LogP contribution >= 0.6 is 11.3 Å². The van der Waals surface area contributed by atoms with Gasteiger partial charge in [-0.1, -0.05) is 54.1 Å². The zero-order valence-corrected chi connectivity index (χ0v) is 13.8. The molecule has 0 aliphatic carbocycles. The lowest BCUT2D eigenvalue weighted by Gasteiger charge is -1.96. The van der Waals surface area contributed by atoms with Gasteiger partial charge in [-0.25, -0.2) is 4.98 Å². The van der Waals surface area contributed by atoms with Crippen LogP contribution in [0.15, 0.2) is 64.1 Å². The number of H-pyrrole nitrogens is 1. The maximum absolute atomic E-state index is 5.97. The molecule has 4 rings (SSSR count). The summed E-state index contributed by atoms with van der Waals surface area (Å²) in [6.07, 6.45) is 0. The van der Waals surface area contributed by atoms with Crippen molar-refractivity contribution < 1.29 is 0 Å². The standard InChI is InChI=1S/C18H15N5S/c1-11-6-8-12(9-7-11)15-10-24-18(20-15)23-22-17-14-5-3-2-4-13(14)16(19)21-17/h2-10,21H,19H2,1H3/b23-22+. The lowest BCUT2D eigenvalue weighted by atomic mass is 10.1. The molecular formula is C18H15N5S. The lowest BCUT2D eigenvalue weighted by molar-refractivity contribution is 1.17. The summed E-state index contributed by atoms with van der Waals surface area (Å²) >= 11 is 1.46. The van der Waals surface area contributed by atoms with Crippen LogP contribution in [0.4, 0.5) is 16.8 Å². The molecule has 0 atom stereocenters. The van der Waals surface area contributed by atoms with Crippen LogP contribution in [0, 0.1) is 6.92 Å². The van der Waals surface area contributed by atoms with Gasteiger partial charge in [0.05, 0.1) is 5.69 Å². The first kappa shape index (κ1) is 14.6. The summed E-state index contributed by atoms with van der Waals surface area (Å²) < 4.78 is 0. The number of aromatic nitrogens is 2. The number of nitrogen functional groups attached to an aromatic ring is 1. The Hall–Kier alpha value is -2.99. The van der Waals surface area contributed by atoms with E-state index in [1.807, 2.05) is 29.6 Å². The fraction of sp³-hybridized carbons (Fsp3) is 0.0556. The molecule has 4 aromatic rings. The van der Waals surface area contributed by atoms with Crippen LogP contribution in [0.25, 0.3) is 22.0 Å². The summed E-state index contributed by atoms with van der Waals surface area (Å²) in [4.78, 5) is 7.59. The Morgan fingerprint density at radius 2 is 1.75 bits per heavy atom. The third-order valence-electron chi connectivity index (χ3n) is 3.80. The highest BCUT2D eigenvalue weighted by Crippen LogP contribution is 2.32. The number of nitrogens with one attached hydrogen (secondary N) is 1. The SMILES string of the molecule is Cc1ccc(-c2csc(/N=N/c3[nH]c(N)c4ccccc34)n2)cc1. The maximum Gasteiger partial charge on any atom is 0.230 e. The van der Waals surface area contributed by atoms with Crippen molar-refractivity contribution in [3.05, 3.63) is 59.5 Å². The van der Waals surface area contributed by atoms with E-state index in [1.54, 1.807) is 0 Å². The highest BCUT2D eigenvalue weighted by Gasteiger charge is 2.07. The Morgan fingerprint density at radius 1 is 1.00 bits per heavy atom. The molecule has 0 saturated carbocycles. The van der Waals surface area contributed by atoms with Crippen LogP contribution in [0.1, 0.15) is 5.56 Å². The minimum Gasteiger partial charge on any atom is -0.385 e. The van der Waals surface area contributed by atoms with Gasteiger partial charge in [0, 0.05) is 21.7 Å². The number of thiazole rings is 1. The van der Waals surface area contributed by atoms with Gasteiger partial charge in [0.15, 0.2) is 5.82 Å². The van der Waals surface area contributed by atoms with Crippen molar-refractivity contribution in [2.24, 2.45) is 10.2 Å². The summed E-state index contributed by atoms with van der Waals surface area (Å²) in [6.45, 7) is 2.07. The zero-order valence-electron chi connectivity index (χ0n) is 13.0. The molecule has 5 nitrogen and oxygen atoms in total. The summed E-state index contributed by atoms with van der Waals surface area (Å²) in [5.41, 5.74) is 9.18. The van der Waals surface area contributed by atoms with Gasteiger partial charge in [-0.15, -0.1) is 21.6 Å². The monoisotopic (exact) mass is 333 g/mol. The molecule has 0 aliphatic rings. The number of benzene rings is 2. The second-order valence-electron chi connectivity index (χ2n) is 5.51. The number of hydrogen-bond donors (Lipinski definition) is 2. The summed E-state index contributed by atoms with van der Waals surface area (Å²) in [7, 11) is 0. The Balaban J connectivity index is 1.63. The third kappa shape index (κ3) is 2.68. The molecule has 2 aromatic heterocycles. The van der Waals surface area contributed by atoms with Crippen LogP contribution in [-0.4, -0.2) is 9.97 Å². The van der Waals surface area contributed by atoms with Crippen molar-refractivity contribution in [3.8, 4) is 11.3 Å². The van der Waals surface area contributed by atoms with Crippen LogP contribution in [0.5, 0.6) is 0 Å². The third-order valence-corrected chi connectivity index (χ3v) is 4.53. The highest BCUT2D eigenvalue weighted by molar-refractivity contribution is 7.13. The second-order valence-corrected chi connectivity index (χ2v) is 6.35. The van der Waals surface area contributed by atoms with Gasteiger partial charge < -0.3 is 10.7 Å². The Bertz CT molecular complexity index is 1030. The predicted molar refractivity (Wildman–Crippen MR) is 99.2 cm³/mol. The number of rotatable bonds is 3. The number of aryl methyl sites for hydroxylation is 1. The molecule has 3 N–H and O–H groups in total. The van der Waals surface area contributed by atoms with Gasteiger partial charge in [0.2, 0.25) is 5.13 Å². The molecule has 0 unspecified atom stereocenters. The van der Waals surface area contributed by atoms with E-state index >= 15 is 0 Å². The Morgan fingerprint density at radius 3 is 2.54 bits per heavy atom. The smallest absolute Gasteiger partial charge is 0.230 e. The van der Waals surface area contributed by atoms with Crippen LogP contribution in [-0.2, 0) is 0 Å². The second kappa shape index (κ2) is 5.90. The fourth-order valence-electron chi connectivity index (χ4n) is 2.53. The fourth-order valence-corrected chi connectivity index (χ4v) is 3.17. The number of nitrogens with two attached hydrogens (primary N) is 1. The quantitative estimate of drug-likeness (QED) is 0.479. The topological polar surface area (TPSA) is 79.4 Å². The van der Waals surface area contributed by atoms with Crippen molar-refractivity contribution in [1.29, 1.82) is 0 Å². The first-order valence-corrected chi connectivity index (χ1v) is 8.39. The molecule has 0 radical (unpaired) electrons.